The zero-order valence-corrected chi connectivity index (χ0v) is 17.2. The summed E-state index contributed by atoms with van der Waals surface area (Å²) >= 11 is 5.94. The van der Waals surface area contributed by atoms with Gasteiger partial charge in [0.25, 0.3) is 11.8 Å². The number of aryl methyl sites for hydroxylation is 1. The van der Waals surface area contributed by atoms with Crippen molar-refractivity contribution in [2.45, 2.75) is 13.0 Å². The average Bonchev–Trinajstić information content (AvgIpc) is 2.86. The average molecular weight is 443 g/mol. The summed E-state index contributed by atoms with van der Waals surface area (Å²) in [6.07, 6.45) is 5.30. The first-order valence-corrected chi connectivity index (χ1v) is 9.53. The van der Waals surface area contributed by atoms with E-state index in [0.717, 1.165) is 6.20 Å². The number of anilines is 1. The molecule has 0 saturated carbocycles. The molecule has 1 aliphatic heterocycles. The van der Waals surface area contributed by atoms with Crippen molar-refractivity contribution >= 4 is 29.2 Å². The molecule has 1 unspecified atom stereocenters. The van der Waals surface area contributed by atoms with Crippen LogP contribution in [-0.4, -0.2) is 51.4 Å². The molecular formula is C20H16ClFN6O3. The summed E-state index contributed by atoms with van der Waals surface area (Å²) in [5, 5.41) is 2.92. The molecule has 1 N–H and O–H groups in total. The molecule has 4 rings (SSSR count). The Morgan fingerprint density at radius 2 is 2.13 bits per heavy atom. The number of nitrogens with one attached hydrogen (secondary N) is 1. The number of pyridine rings is 2. The van der Waals surface area contributed by atoms with Crippen LogP contribution in [0.2, 0.25) is 5.02 Å². The molecule has 3 aromatic rings. The Balaban J connectivity index is 1.58. The number of amides is 2. The monoisotopic (exact) mass is 442 g/mol. The van der Waals surface area contributed by atoms with Gasteiger partial charge in [-0.2, -0.15) is 0 Å². The molecule has 11 heteroatoms. The minimum absolute atomic E-state index is 0.137. The standard InChI is InChI=1S/C20H16ClFN6O3/c1-10-6-24-17(27-16(10)12-3-4-23-8-13(12)22)19(29)26-14-9-31-15-5-11(21)7-25-18(15)28(2)20(14)30/h3-8,14H,9H2,1-2H3,(H,26,29). The summed E-state index contributed by atoms with van der Waals surface area (Å²) in [6.45, 7) is 1.56. The predicted octanol–water partition coefficient (Wildman–Crippen LogP) is 2.19. The number of likely N-dealkylation sites (N-methyl/N-ethyl adjacent to an activating group) is 1. The number of hydrogen-bond donors (Lipinski definition) is 1. The van der Waals surface area contributed by atoms with E-state index in [1.165, 1.54) is 42.7 Å². The van der Waals surface area contributed by atoms with E-state index < -0.39 is 23.7 Å². The van der Waals surface area contributed by atoms with Crippen LogP contribution in [0.1, 0.15) is 16.2 Å². The molecule has 0 spiro atoms. The Morgan fingerprint density at radius 1 is 1.32 bits per heavy atom. The van der Waals surface area contributed by atoms with Crippen molar-refractivity contribution in [3.8, 4) is 17.0 Å². The van der Waals surface area contributed by atoms with Gasteiger partial charge in [-0.3, -0.25) is 19.5 Å². The van der Waals surface area contributed by atoms with Crippen molar-refractivity contribution in [2.75, 3.05) is 18.6 Å². The van der Waals surface area contributed by atoms with E-state index in [0.29, 0.717) is 16.3 Å². The third-order valence-electron chi connectivity index (χ3n) is 4.66. The number of halogens is 2. The maximum Gasteiger partial charge on any atom is 0.289 e. The van der Waals surface area contributed by atoms with Gasteiger partial charge in [-0.25, -0.2) is 19.3 Å². The molecule has 2 amide bonds. The van der Waals surface area contributed by atoms with Gasteiger partial charge in [0.05, 0.1) is 16.9 Å². The SMILES string of the molecule is Cc1cnc(C(=O)NC2COc3cc(Cl)cnc3N(C)C2=O)nc1-c1ccncc1F. The van der Waals surface area contributed by atoms with E-state index in [4.69, 9.17) is 16.3 Å². The summed E-state index contributed by atoms with van der Waals surface area (Å²) in [4.78, 5) is 42.9. The maximum absolute atomic E-state index is 14.2. The quantitative estimate of drug-likeness (QED) is 0.662. The molecule has 0 radical (unpaired) electrons. The van der Waals surface area contributed by atoms with Gasteiger partial charge in [-0.1, -0.05) is 11.6 Å². The van der Waals surface area contributed by atoms with Crippen molar-refractivity contribution in [1.82, 2.24) is 25.3 Å². The number of rotatable bonds is 3. The lowest BCUT2D eigenvalue weighted by atomic mass is 10.1. The Kier molecular flexibility index (Phi) is 5.47. The van der Waals surface area contributed by atoms with Crippen LogP contribution in [0.5, 0.6) is 5.75 Å². The minimum Gasteiger partial charge on any atom is -0.487 e. The van der Waals surface area contributed by atoms with Crippen LogP contribution in [0.25, 0.3) is 11.3 Å². The molecule has 158 valence electrons. The second-order valence-electron chi connectivity index (χ2n) is 6.79. The predicted molar refractivity (Wildman–Crippen MR) is 109 cm³/mol. The highest BCUT2D eigenvalue weighted by molar-refractivity contribution is 6.30. The van der Waals surface area contributed by atoms with E-state index in [1.807, 2.05) is 0 Å². The van der Waals surface area contributed by atoms with Crippen molar-refractivity contribution in [3.63, 3.8) is 0 Å². The number of carbonyl (C=O) groups is 2. The Morgan fingerprint density at radius 3 is 2.90 bits per heavy atom. The van der Waals surface area contributed by atoms with Crippen LogP contribution in [0.15, 0.2) is 36.9 Å². The summed E-state index contributed by atoms with van der Waals surface area (Å²) in [5.41, 5.74) is 1.02. The zero-order valence-electron chi connectivity index (χ0n) is 16.5. The zero-order chi connectivity index (χ0) is 22.1. The lowest BCUT2D eigenvalue weighted by Gasteiger charge is -2.19. The van der Waals surface area contributed by atoms with Gasteiger partial charge in [0.15, 0.2) is 17.4 Å². The van der Waals surface area contributed by atoms with Crippen molar-refractivity contribution < 1.29 is 18.7 Å². The van der Waals surface area contributed by atoms with Crippen LogP contribution >= 0.6 is 11.6 Å². The number of nitrogens with zero attached hydrogens (tertiary/aromatic N) is 5. The Bertz CT molecular complexity index is 1190. The topological polar surface area (TPSA) is 110 Å². The molecule has 1 aliphatic rings. The number of aromatic nitrogens is 4. The van der Waals surface area contributed by atoms with E-state index in [-0.39, 0.29) is 29.5 Å². The van der Waals surface area contributed by atoms with Crippen LogP contribution in [0.4, 0.5) is 10.2 Å². The first-order chi connectivity index (χ1) is 14.8. The van der Waals surface area contributed by atoms with E-state index in [9.17, 15) is 14.0 Å². The summed E-state index contributed by atoms with van der Waals surface area (Å²) in [6, 6.07) is 1.98. The second-order valence-corrected chi connectivity index (χ2v) is 7.23. The number of hydrogen-bond acceptors (Lipinski definition) is 7. The molecule has 31 heavy (non-hydrogen) atoms. The van der Waals surface area contributed by atoms with Gasteiger partial charge in [0, 0.05) is 37.3 Å². The van der Waals surface area contributed by atoms with Crippen molar-refractivity contribution in [2.24, 2.45) is 0 Å². The Hall–Kier alpha value is -3.66. The van der Waals surface area contributed by atoms with Crippen molar-refractivity contribution in [1.29, 1.82) is 0 Å². The van der Waals surface area contributed by atoms with Crippen LogP contribution < -0.4 is 15.0 Å². The largest absolute Gasteiger partial charge is 0.487 e. The maximum atomic E-state index is 14.2. The fraction of sp³-hybridized carbons (Fsp3) is 0.200. The lowest BCUT2D eigenvalue weighted by Crippen LogP contribution is -2.49. The van der Waals surface area contributed by atoms with E-state index in [1.54, 1.807) is 6.92 Å². The summed E-state index contributed by atoms with van der Waals surface area (Å²) in [7, 11) is 1.52. The molecule has 0 saturated heterocycles. The minimum atomic E-state index is -1.02. The highest BCUT2D eigenvalue weighted by Crippen LogP contribution is 2.30. The Labute approximate surface area is 181 Å². The van der Waals surface area contributed by atoms with Gasteiger partial charge in [-0.15, -0.1) is 0 Å². The second kappa shape index (κ2) is 8.23. The highest BCUT2D eigenvalue weighted by Gasteiger charge is 2.32. The third kappa shape index (κ3) is 4.02. The fourth-order valence-corrected chi connectivity index (χ4v) is 3.22. The number of fused-ring (bicyclic) bond motifs is 1. The molecule has 0 aliphatic carbocycles. The normalized spacial score (nSPS) is 15.7. The molecule has 0 fully saturated rings. The van der Waals surface area contributed by atoms with Gasteiger partial charge < -0.3 is 10.1 Å². The summed E-state index contributed by atoms with van der Waals surface area (Å²) in [5.74, 6) is -1.32. The highest BCUT2D eigenvalue weighted by atomic mass is 35.5. The van der Waals surface area contributed by atoms with Gasteiger partial charge in [-0.05, 0) is 18.6 Å². The molecule has 1 atom stereocenters. The summed E-state index contributed by atoms with van der Waals surface area (Å²) < 4.78 is 19.8. The fourth-order valence-electron chi connectivity index (χ4n) is 3.07. The molecule has 4 heterocycles. The van der Waals surface area contributed by atoms with Crippen molar-refractivity contribution in [3.05, 3.63) is 59.1 Å². The first-order valence-electron chi connectivity index (χ1n) is 9.15. The first kappa shape index (κ1) is 20.6. The van der Waals surface area contributed by atoms with Gasteiger partial charge in [0.2, 0.25) is 5.82 Å². The number of carbonyl (C=O) groups excluding carboxylic acids is 2. The van der Waals surface area contributed by atoms with Crippen LogP contribution in [0.3, 0.4) is 0 Å². The third-order valence-corrected chi connectivity index (χ3v) is 4.87. The molecular weight excluding hydrogens is 427 g/mol. The molecule has 0 aromatic carbocycles. The van der Waals surface area contributed by atoms with E-state index >= 15 is 0 Å². The molecule has 0 bridgehead atoms. The van der Waals surface area contributed by atoms with Gasteiger partial charge in [0.1, 0.15) is 12.6 Å². The number of ether oxygens (including phenoxy) is 1. The smallest absolute Gasteiger partial charge is 0.289 e. The van der Waals surface area contributed by atoms with Gasteiger partial charge >= 0.3 is 0 Å². The van der Waals surface area contributed by atoms with E-state index in [2.05, 4.69) is 25.3 Å². The lowest BCUT2D eigenvalue weighted by molar-refractivity contribution is -0.120. The van der Waals surface area contributed by atoms with Crippen LogP contribution in [0, 0.1) is 12.7 Å². The van der Waals surface area contributed by atoms with Crippen LogP contribution in [-0.2, 0) is 4.79 Å². The molecule has 9 nitrogen and oxygen atoms in total. The molecule has 3 aromatic heterocycles.